The molecule has 1 aliphatic carbocycles. The fourth-order valence-electron chi connectivity index (χ4n) is 4.56. The number of rotatable bonds is 5. The Hall–Kier alpha value is -1.88. The fourth-order valence-corrected chi connectivity index (χ4v) is 4.56. The molecule has 2 fully saturated rings. The number of halogens is 1. The number of nitrogens with zero attached hydrogens (tertiary/aromatic N) is 2. The van der Waals surface area contributed by atoms with Crippen molar-refractivity contribution in [2.45, 2.75) is 70.3 Å². The van der Waals surface area contributed by atoms with Crippen molar-refractivity contribution in [3.8, 4) is 17.6 Å². The van der Waals surface area contributed by atoms with Crippen molar-refractivity contribution in [2.75, 3.05) is 26.8 Å². The van der Waals surface area contributed by atoms with Gasteiger partial charge in [-0.15, -0.1) is 0 Å². The number of aliphatic hydroxyl groups excluding tert-OH is 1. The molecule has 3 aliphatic rings. The molecular formula is C23H31FN2O4. The lowest BCUT2D eigenvalue weighted by molar-refractivity contribution is -0.149. The highest BCUT2D eigenvalue weighted by Crippen LogP contribution is 2.48. The van der Waals surface area contributed by atoms with Crippen molar-refractivity contribution in [1.82, 2.24) is 4.90 Å². The van der Waals surface area contributed by atoms with E-state index in [1.165, 1.54) is 7.11 Å². The Kier molecular flexibility index (Phi) is 5.46. The summed E-state index contributed by atoms with van der Waals surface area (Å²) in [4.78, 5) is 2.26. The molecule has 2 aliphatic heterocycles. The summed E-state index contributed by atoms with van der Waals surface area (Å²) in [6, 6.07) is 4.02. The molecule has 1 aromatic rings. The van der Waals surface area contributed by atoms with E-state index in [2.05, 4.69) is 11.0 Å². The summed E-state index contributed by atoms with van der Waals surface area (Å²) >= 11 is 0. The van der Waals surface area contributed by atoms with E-state index in [1.807, 2.05) is 26.8 Å². The number of methoxy groups -OCH3 is 1. The molecule has 0 bridgehead atoms. The number of fused-ring (bicyclic) bond motifs is 3. The maximum Gasteiger partial charge on any atom is 0.197 e. The Labute approximate surface area is 177 Å². The van der Waals surface area contributed by atoms with Crippen molar-refractivity contribution >= 4 is 0 Å². The van der Waals surface area contributed by atoms with Gasteiger partial charge in [0.2, 0.25) is 0 Å². The summed E-state index contributed by atoms with van der Waals surface area (Å²) in [6.07, 6.45) is 1.72. The molecule has 0 amide bonds. The molecule has 3 atom stereocenters. The predicted octanol–water partition coefficient (Wildman–Crippen LogP) is 3.36. The molecule has 0 aromatic heterocycles. The quantitative estimate of drug-likeness (QED) is 0.790. The van der Waals surface area contributed by atoms with Crippen LogP contribution in [0.4, 0.5) is 4.39 Å². The van der Waals surface area contributed by atoms with Crippen LogP contribution in [0.1, 0.15) is 57.2 Å². The Morgan fingerprint density at radius 1 is 1.37 bits per heavy atom. The highest BCUT2D eigenvalue weighted by molar-refractivity contribution is 5.51. The molecule has 1 N–H and O–H groups in total. The highest BCUT2D eigenvalue weighted by Gasteiger charge is 2.45. The third kappa shape index (κ3) is 4.01. The number of aliphatic hydroxyl groups is 1. The van der Waals surface area contributed by atoms with E-state index >= 15 is 4.39 Å². The number of nitriles is 1. The molecule has 164 valence electrons. The van der Waals surface area contributed by atoms with Crippen LogP contribution in [-0.4, -0.2) is 54.6 Å². The van der Waals surface area contributed by atoms with Crippen LogP contribution >= 0.6 is 0 Å². The highest BCUT2D eigenvalue weighted by atomic mass is 19.1. The number of hydrogen-bond donors (Lipinski definition) is 1. The predicted molar refractivity (Wildman–Crippen MR) is 109 cm³/mol. The van der Waals surface area contributed by atoms with Gasteiger partial charge in [0.05, 0.1) is 36.4 Å². The average molecular weight is 419 g/mol. The van der Waals surface area contributed by atoms with Gasteiger partial charge >= 0.3 is 0 Å². The van der Waals surface area contributed by atoms with Crippen molar-refractivity contribution in [2.24, 2.45) is 5.41 Å². The molecule has 0 radical (unpaired) electrons. The normalized spacial score (nSPS) is 27.6. The van der Waals surface area contributed by atoms with Crippen LogP contribution in [0.3, 0.4) is 0 Å². The molecule has 0 unspecified atom stereocenters. The third-order valence-electron chi connectivity index (χ3n) is 6.39. The van der Waals surface area contributed by atoms with Crippen LogP contribution < -0.4 is 9.47 Å². The molecule has 0 spiro atoms. The average Bonchev–Trinajstić information content (AvgIpc) is 3.47. The van der Waals surface area contributed by atoms with Crippen LogP contribution in [0.5, 0.6) is 11.5 Å². The van der Waals surface area contributed by atoms with Crippen molar-refractivity contribution < 1.29 is 23.7 Å². The molecule has 1 aromatic carbocycles. The maximum atomic E-state index is 15.5. The first kappa shape index (κ1) is 21.4. The van der Waals surface area contributed by atoms with E-state index in [0.29, 0.717) is 37.2 Å². The lowest BCUT2D eigenvalue weighted by atomic mass is 9.84. The van der Waals surface area contributed by atoms with Crippen molar-refractivity contribution in [3.63, 3.8) is 0 Å². The van der Waals surface area contributed by atoms with Crippen LogP contribution in [-0.2, 0) is 11.2 Å². The summed E-state index contributed by atoms with van der Waals surface area (Å²) in [5, 5.41) is 20.0. The van der Waals surface area contributed by atoms with E-state index in [-0.39, 0.29) is 30.1 Å². The van der Waals surface area contributed by atoms with Crippen LogP contribution in [0.2, 0.25) is 0 Å². The second-order valence-electron chi connectivity index (χ2n) is 9.80. The lowest BCUT2D eigenvalue weighted by Gasteiger charge is -2.47. The van der Waals surface area contributed by atoms with Gasteiger partial charge in [0.25, 0.3) is 0 Å². The number of hydrogen-bond acceptors (Lipinski definition) is 6. The van der Waals surface area contributed by atoms with E-state index in [0.717, 1.165) is 18.4 Å². The van der Waals surface area contributed by atoms with Crippen molar-refractivity contribution in [3.05, 3.63) is 23.0 Å². The Bertz CT molecular complexity index is 856. The van der Waals surface area contributed by atoms with E-state index in [1.54, 1.807) is 0 Å². The molecule has 1 saturated carbocycles. The molecule has 4 rings (SSSR count). The smallest absolute Gasteiger partial charge is 0.197 e. The lowest BCUT2D eigenvalue weighted by Crippen LogP contribution is -2.53. The van der Waals surface area contributed by atoms with E-state index < -0.39 is 17.3 Å². The summed E-state index contributed by atoms with van der Waals surface area (Å²) in [5.74, 6) is 0.0289. The van der Waals surface area contributed by atoms with Crippen LogP contribution in [0.15, 0.2) is 6.07 Å². The SMILES string of the molecule is COc1cc2c(c(F)c1OCC1(C#N)CC1)CCN1C[C@@H](OC(C)(C)C)[C@H](O)C[C@H]21. The summed E-state index contributed by atoms with van der Waals surface area (Å²) in [6.45, 7) is 7.43. The van der Waals surface area contributed by atoms with Gasteiger partial charge in [-0.05, 0) is 63.6 Å². The first-order valence-electron chi connectivity index (χ1n) is 10.7. The number of benzene rings is 1. The fraction of sp³-hybridized carbons (Fsp3) is 0.696. The van der Waals surface area contributed by atoms with Gasteiger partial charge in [0.1, 0.15) is 6.61 Å². The van der Waals surface area contributed by atoms with Crippen LogP contribution in [0.25, 0.3) is 0 Å². The van der Waals surface area contributed by atoms with Gasteiger partial charge in [-0.3, -0.25) is 4.90 Å². The van der Waals surface area contributed by atoms with Gasteiger partial charge in [-0.2, -0.15) is 5.26 Å². The van der Waals surface area contributed by atoms with Gasteiger partial charge in [-0.25, -0.2) is 4.39 Å². The molecule has 1 saturated heterocycles. The third-order valence-corrected chi connectivity index (χ3v) is 6.39. The summed E-state index contributed by atoms with van der Waals surface area (Å²) in [5.41, 5.74) is 0.643. The minimum atomic E-state index is -0.619. The van der Waals surface area contributed by atoms with Crippen LogP contribution in [0, 0.1) is 22.6 Å². The van der Waals surface area contributed by atoms with Gasteiger partial charge in [-0.1, -0.05) is 0 Å². The molecule has 30 heavy (non-hydrogen) atoms. The maximum absolute atomic E-state index is 15.5. The van der Waals surface area contributed by atoms with Gasteiger partial charge < -0.3 is 19.3 Å². The minimum absolute atomic E-state index is 0.0881. The second-order valence-corrected chi connectivity index (χ2v) is 9.80. The Morgan fingerprint density at radius 3 is 2.70 bits per heavy atom. The van der Waals surface area contributed by atoms with E-state index in [4.69, 9.17) is 14.2 Å². The Morgan fingerprint density at radius 2 is 2.10 bits per heavy atom. The zero-order chi connectivity index (χ0) is 21.7. The van der Waals surface area contributed by atoms with E-state index in [9.17, 15) is 10.4 Å². The minimum Gasteiger partial charge on any atom is -0.493 e. The molecule has 6 nitrogen and oxygen atoms in total. The zero-order valence-electron chi connectivity index (χ0n) is 18.2. The first-order chi connectivity index (χ1) is 14.2. The first-order valence-corrected chi connectivity index (χ1v) is 10.7. The second kappa shape index (κ2) is 7.67. The topological polar surface area (TPSA) is 75.0 Å². The molecule has 7 heteroatoms. The van der Waals surface area contributed by atoms with Gasteiger partial charge in [0.15, 0.2) is 17.3 Å². The zero-order valence-corrected chi connectivity index (χ0v) is 18.2. The number of ether oxygens (including phenoxy) is 3. The van der Waals surface area contributed by atoms with Gasteiger partial charge in [0, 0.05) is 19.1 Å². The van der Waals surface area contributed by atoms with Crippen molar-refractivity contribution in [1.29, 1.82) is 5.26 Å². The largest absolute Gasteiger partial charge is 0.493 e. The summed E-state index contributed by atoms with van der Waals surface area (Å²) < 4.78 is 32.7. The monoisotopic (exact) mass is 418 g/mol. The molecular weight excluding hydrogens is 387 g/mol. The molecule has 2 heterocycles. The Balaban J connectivity index is 1.59. The standard InChI is InChI=1S/C23H31FN2O4/c1-22(2,3)30-19-11-26-8-5-14-15(16(26)10-17(19)27)9-18(28-4)21(20(14)24)29-13-23(12-25)6-7-23/h9,16-17,19,27H,5-8,10-11,13H2,1-4H3/t16-,17-,19-/m1/s1. The number of piperidine rings is 1. The summed E-state index contributed by atoms with van der Waals surface area (Å²) in [7, 11) is 1.49.